The van der Waals surface area contributed by atoms with E-state index in [1.165, 1.54) is 12.5 Å². The average Bonchev–Trinajstić information content (AvgIpc) is 2.59. The first kappa shape index (κ1) is 16.2. The van der Waals surface area contributed by atoms with Crippen molar-refractivity contribution in [1.29, 1.82) is 0 Å². The predicted molar refractivity (Wildman–Crippen MR) is 91.9 cm³/mol. The smallest absolute Gasteiger partial charge is 0.323 e. The summed E-state index contributed by atoms with van der Waals surface area (Å²) < 4.78 is 13.5. The van der Waals surface area contributed by atoms with Crippen LogP contribution in [0.25, 0.3) is 0 Å². The summed E-state index contributed by atoms with van der Waals surface area (Å²) in [6.45, 7) is 3.60. The third-order valence-electron chi connectivity index (χ3n) is 3.96. The van der Waals surface area contributed by atoms with E-state index in [1.807, 2.05) is 0 Å². The quantitative estimate of drug-likeness (QED) is 0.903. The molecule has 1 fully saturated rings. The van der Waals surface area contributed by atoms with Gasteiger partial charge in [-0.15, -0.1) is 0 Å². The first-order chi connectivity index (χ1) is 11.6. The summed E-state index contributed by atoms with van der Waals surface area (Å²) >= 11 is 0. The lowest BCUT2D eigenvalue weighted by Gasteiger charge is -2.26. The number of nitrogens with zero attached hydrogens (tertiary/aromatic N) is 3. The van der Waals surface area contributed by atoms with Gasteiger partial charge in [0.25, 0.3) is 0 Å². The molecule has 1 aromatic carbocycles. The summed E-state index contributed by atoms with van der Waals surface area (Å²) in [4.78, 5) is 22.7. The molecule has 3 rings (SSSR count). The normalized spacial score (nSPS) is 14.3. The maximum absolute atomic E-state index is 13.5. The second kappa shape index (κ2) is 7.25. The van der Waals surface area contributed by atoms with E-state index in [0.29, 0.717) is 22.9 Å². The van der Waals surface area contributed by atoms with Crippen LogP contribution in [0, 0.1) is 12.7 Å². The Morgan fingerprint density at radius 3 is 2.42 bits per heavy atom. The van der Waals surface area contributed by atoms with Crippen LogP contribution in [0.5, 0.6) is 0 Å². The molecule has 1 aliphatic rings. The Labute approximate surface area is 140 Å². The molecule has 2 amide bonds. The SMILES string of the molecule is Cc1ccc(NC(=O)Nc2cnc(N3CCCCC3)nc2)cc1F. The van der Waals surface area contributed by atoms with E-state index in [2.05, 4.69) is 25.5 Å². The molecule has 2 N–H and O–H groups in total. The summed E-state index contributed by atoms with van der Waals surface area (Å²) in [5.41, 5.74) is 1.41. The van der Waals surface area contributed by atoms with Crippen molar-refractivity contribution in [2.24, 2.45) is 0 Å². The van der Waals surface area contributed by atoms with Gasteiger partial charge in [-0.3, -0.25) is 0 Å². The highest BCUT2D eigenvalue weighted by molar-refractivity contribution is 5.99. The second-order valence-corrected chi connectivity index (χ2v) is 5.86. The Morgan fingerprint density at radius 2 is 1.75 bits per heavy atom. The fourth-order valence-electron chi connectivity index (χ4n) is 2.61. The Balaban J connectivity index is 1.58. The number of piperidine rings is 1. The fraction of sp³-hybridized carbons (Fsp3) is 0.353. The van der Waals surface area contributed by atoms with Crippen LogP contribution >= 0.6 is 0 Å². The molecule has 2 heterocycles. The zero-order valence-electron chi connectivity index (χ0n) is 13.6. The predicted octanol–water partition coefficient (Wildman–Crippen LogP) is 3.56. The summed E-state index contributed by atoms with van der Waals surface area (Å²) in [6, 6.07) is 4.08. The minimum absolute atomic E-state index is 0.359. The van der Waals surface area contributed by atoms with Gasteiger partial charge in [-0.05, 0) is 43.9 Å². The first-order valence-electron chi connectivity index (χ1n) is 8.03. The number of aryl methyl sites for hydroxylation is 1. The molecule has 1 aliphatic heterocycles. The number of benzene rings is 1. The standard InChI is InChI=1S/C17H20FN5O/c1-12-5-6-13(9-15(12)18)21-17(24)22-14-10-19-16(20-11-14)23-7-3-2-4-8-23/h5-6,9-11H,2-4,7-8H2,1H3,(H2,21,22,24). The lowest BCUT2D eigenvalue weighted by atomic mass is 10.1. The molecule has 0 unspecified atom stereocenters. The lowest BCUT2D eigenvalue weighted by molar-refractivity contribution is 0.262. The Bertz CT molecular complexity index is 713. The number of amides is 2. The van der Waals surface area contributed by atoms with E-state index in [0.717, 1.165) is 25.9 Å². The maximum Gasteiger partial charge on any atom is 0.323 e. The number of nitrogens with one attached hydrogen (secondary N) is 2. The molecule has 24 heavy (non-hydrogen) atoms. The molecule has 6 nitrogen and oxygen atoms in total. The van der Waals surface area contributed by atoms with Gasteiger partial charge >= 0.3 is 6.03 Å². The number of carbonyl (C=O) groups is 1. The minimum atomic E-state index is -0.465. The summed E-state index contributed by atoms with van der Waals surface area (Å²) in [7, 11) is 0. The number of rotatable bonds is 3. The maximum atomic E-state index is 13.5. The monoisotopic (exact) mass is 329 g/mol. The van der Waals surface area contributed by atoms with E-state index < -0.39 is 6.03 Å². The van der Waals surface area contributed by atoms with Gasteiger partial charge in [-0.1, -0.05) is 6.07 Å². The number of hydrogen-bond donors (Lipinski definition) is 2. The van der Waals surface area contributed by atoms with E-state index in [4.69, 9.17) is 0 Å². The number of aromatic nitrogens is 2. The third-order valence-corrected chi connectivity index (χ3v) is 3.96. The molecule has 126 valence electrons. The van der Waals surface area contributed by atoms with Crippen molar-refractivity contribution in [3.8, 4) is 0 Å². The molecule has 7 heteroatoms. The van der Waals surface area contributed by atoms with Crippen LogP contribution in [0.15, 0.2) is 30.6 Å². The van der Waals surface area contributed by atoms with Crippen LogP contribution in [0.1, 0.15) is 24.8 Å². The molecule has 0 bridgehead atoms. The number of hydrogen-bond acceptors (Lipinski definition) is 4. The zero-order valence-corrected chi connectivity index (χ0v) is 13.6. The van der Waals surface area contributed by atoms with E-state index in [9.17, 15) is 9.18 Å². The van der Waals surface area contributed by atoms with Gasteiger partial charge in [0.05, 0.1) is 18.1 Å². The highest BCUT2D eigenvalue weighted by Gasteiger charge is 2.13. The minimum Gasteiger partial charge on any atom is -0.341 e. The number of urea groups is 1. The molecule has 2 aromatic rings. The molecular weight excluding hydrogens is 309 g/mol. The highest BCUT2D eigenvalue weighted by atomic mass is 19.1. The van der Waals surface area contributed by atoms with E-state index in [-0.39, 0.29) is 5.82 Å². The Kier molecular flexibility index (Phi) is 4.88. The van der Waals surface area contributed by atoms with Crippen molar-refractivity contribution in [3.05, 3.63) is 42.0 Å². The van der Waals surface area contributed by atoms with Gasteiger partial charge in [-0.25, -0.2) is 19.2 Å². The van der Waals surface area contributed by atoms with Gasteiger partial charge in [-0.2, -0.15) is 0 Å². The first-order valence-corrected chi connectivity index (χ1v) is 8.03. The summed E-state index contributed by atoms with van der Waals surface area (Å²) in [6.07, 6.45) is 6.70. The van der Waals surface area contributed by atoms with Crippen LogP contribution < -0.4 is 15.5 Å². The van der Waals surface area contributed by atoms with Gasteiger partial charge in [0, 0.05) is 18.8 Å². The Morgan fingerprint density at radius 1 is 1.08 bits per heavy atom. The Hall–Kier alpha value is -2.70. The van der Waals surface area contributed by atoms with Crippen molar-refractivity contribution in [1.82, 2.24) is 9.97 Å². The largest absolute Gasteiger partial charge is 0.341 e. The van der Waals surface area contributed by atoms with Crippen LogP contribution in [0.3, 0.4) is 0 Å². The van der Waals surface area contributed by atoms with Gasteiger partial charge in [0.15, 0.2) is 0 Å². The molecule has 0 atom stereocenters. The number of halogens is 1. The van der Waals surface area contributed by atoms with Gasteiger partial charge in [0.1, 0.15) is 5.82 Å². The molecule has 0 aliphatic carbocycles. The van der Waals surface area contributed by atoms with Crippen molar-refractivity contribution in [2.45, 2.75) is 26.2 Å². The van der Waals surface area contributed by atoms with E-state index in [1.54, 1.807) is 31.5 Å². The van der Waals surface area contributed by atoms with Crippen molar-refractivity contribution < 1.29 is 9.18 Å². The summed E-state index contributed by atoms with van der Waals surface area (Å²) in [5.74, 6) is 0.322. The summed E-state index contributed by atoms with van der Waals surface area (Å²) in [5, 5.41) is 5.22. The van der Waals surface area contributed by atoms with Crippen molar-refractivity contribution >= 4 is 23.4 Å². The second-order valence-electron chi connectivity index (χ2n) is 5.86. The van der Waals surface area contributed by atoms with Crippen LogP contribution in [-0.2, 0) is 0 Å². The van der Waals surface area contributed by atoms with Gasteiger partial charge in [0.2, 0.25) is 5.95 Å². The zero-order chi connectivity index (χ0) is 16.9. The lowest BCUT2D eigenvalue weighted by Crippen LogP contribution is -2.31. The highest BCUT2D eigenvalue weighted by Crippen LogP contribution is 2.17. The molecular formula is C17H20FN5O. The molecule has 0 radical (unpaired) electrons. The third kappa shape index (κ3) is 3.98. The molecule has 1 aromatic heterocycles. The average molecular weight is 329 g/mol. The number of anilines is 3. The van der Waals surface area contributed by atoms with Crippen molar-refractivity contribution in [2.75, 3.05) is 28.6 Å². The number of carbonyl (C=O) groups excluding carboxylic acids is 1. The molecule has 1 saturated heterocycles. The van der Waals surface area contributed by atoms with Crippen LogP contribution in [0.2, 0.25) is 0 Å². The van der Waals surface area contributed by atoms with Crippen LogP contribution in [0.4, 0.5) is 26.5 Å². The van der Waals surface area contributed by atoms with Gasteiger partial charge < -0.3 is 15.5 Å². The topological polar surface area (TPSA) is 70.2 Å². The molecule has 0 saturated carbocycles. The van der Waals surface area contributed by atoms with Crippen LogP contribution in [-0.4, -0.2) is 29.1 Å². The fourth-order valence-corrected chi connectivity index (χ4v) is 2.61. The van der Waals surface area contributed by atoms with Crippen molar-refractivity contribution in [3.63, 3.8) is 0 Å². The van der Waals surface area contributed by atoms with E-state index >= 15 is 0 Å². The molecule has 0 spiro atoms.